The van der Waals surface area contributed by atoms with Gasteiger partial charge < -0.3 is 23.7 Å². The van der Waals surface area contributed by atoms with Crippen LogP contribution >= 0.6 is 0 Å². The second kappa shape index (κ2) is 6.24. The van der Waals surface area contributed by atoms with Crippen molar-refractivity contribution in [1.29, 1.82) is 0 Å². The molecular weight excluding hydrogens is 314 g/mol. The second-order valence-electron chi connectivity index (χ2n) is 4.47. The Hall–Kier alpha value is -0.620. The molecular formula is C10H12F6O5. The molecule has 0 aromatic rings. The van der Waals surface area contributed by atoms with E-state index in [2.05, 4.69) is 9.47 Å². The van der Waals surface area contributed by atoms with Gasteiger partial charge in [0.15, 0.2) is 12.6 Å². The van der Waals surface area contributed by atoms with Gasteiger partial charge in [0, 0.05) is 0 Å². The SMILES string of the molecule is FC(F)(F)COC(OC(OCC(F)(F)F)C1CO1)C1CO1. The van der Waals surface area contributed by atoms with Crippen molar-refractivity contribution in [2.45, 2.75) is 37.1 Å². The van der Waals surface area contributed by atoms with Crippen LogP contribution in [0.4, 0.5) is 26.3 Å². The van der Waals surface area contributed by atoms with Crippen LogP contribution in [-0.4, -0.2) is 63.6 Å². The molecule has 5 nitrogen and oxygen atoms in total. The minimum Gasteiger partial charge on any atom is -0.368 e. The van der Waals surface area contributed by atoms with Gasteiger partial charge >= 0.3 is 12.4 Å². The molecule has 2 aliphatic rings. The number of hydrogen-bond donors (Lipinski definition) is 0. The maximum atomic E-state index is 12.1. The van der Waals surface area contributed by atoms with Crippen LogP contribution in [0.1, 0.15) is 0 Å². The van der Waals surface area contributed by atoms with Crippen molar-refractivity contribution in [3.05, 3.63) is 0 Å². The minimum atomic E-state index is -4.59. The number of ether oxygens (including phenoxy) is 5. The van der Waals surface area contributed by atoms with E-state index in [9.17, 15) is 26.3 Å². The number of epoxide rings is 2. The molecule has 0 bridgehead atoms. The first-order chi connectivity index (χ1) is 9.64. The van der Waals surface area contributed by atoms with Crippen LogP contribution in [0.3, 0.4) is 0 Å². The third-order valence-electron chi connectivity index (χ3n) is 2.42. The van der Waals surface area contributed by atoms with E-state index < -0.39 is 50.4 Å². The molecule has 0 saturated carbocycles. The molecule has 0 spiro atoms. The van der Waals surface area contributed by atoms with Gasteiger partial charge in [-0.25, -0.2) is 0 Å². The van der Waals surface area contributed by atoms with Gasteiger partial charge in [0.1, 0.15) is 25.4 Å². The van der Waals surface area contributed by atoms with E-state index in [0.717, 1.165) is 0 Å². The summed E-state index contributed by atoms with van der Waals surface area (Å²) in [5.41, 5.74) is 0. The molecule has 2 saturated heterocycles. The Kier molecular flexibility index (Phi) is 4.98. The van der Waals surface area contributed by atoms with Crippen molar-refractivity contribution in [2.24, 2.45) is 0 Å². The van der Waals surface area contributed by atoms with Crippen LogP contribution in [0.5, 0.6) is 0 Å². The van der Waals surface area contributed by atoms with Crippen LogP contribution in [0.2, 0.25) is 0 Å². The second-order valence-corrected chi connectivity index (χ2v) is 4.47. The highest BCUT2D eigenvalue weighted by Gasteiger charge is 2.44. The van der Waals surface area contributed by atoms with Crippen molar-refractivity contribution < 1.29 is 50.0 Å². The quantitative estimate of drug-likeness (QED) is 0.385. The first-order valence-electron chi connectivity index (χ1n) is 5.89. The molecule has 2 heterocycles. The summed E-state index contributed by atoms with van der Waals surface area (Å²) in [7, 11) is 0. The fourth-order valence-electron chi connectivity index (χ4n) is 1.38. The summed E-state index contributed by atoms with van der Waals surface area (Å²) in [6.07, 6.45) is -13.6. The average Bonchev–Trinajstić information content (AvgIpc) is 3.16. The lowest BCUT2D eigenvalue weighted by atomic mass is 10.4. The molecule has 11 heteroatoms. The predicted molar refractivity (Wildman–Crippen MR) is 52.2 cm³/mol. The molecule has 0 aliphatic carbocycles. The van der Waals surface area contributed by atoms with Gasteiger partial charge in [0.05, 0.1) is 13.2 Å². The van der Waals surface area contributed by atoms with E-state index in [4.69, 9.17) is 14.2 Å². The van der Waals surface area contributed by atoms with Crippen LogP contribution in [0.25, 0.3) is 0 Å². The number of hydrogen-bond acceptors (Lipinski definition) is 5. The van der Waals surface area contributed by atoms with E-state index in [1.54, 1.807) is 0 Å². The van der Waals surface area contributed by atoms with E-state index in [0.29, 0.717) is 0 Å². The van der Waals surface area contributed by atoms with Crippen molar-refractivity contribution in [2.75, 3.05) is 26.4 Å². The maximum absolute atomic E-state index is 12.1. The Balaban J connectivity index is 1.84. The zero-order valence-corrected chi connectivity index (χ0v) is 10.4. The Morgan fingerprint density at radius 1 is 0.810 bits per heavy atom. The largest absolute Gasteiger partial charge is 0.411 e. The lowest BCUT2D eigenvalue weighted by Gasteiger charge is -2.24. The van der Waals surface area contributed by atoms with Crippen molar-refractivity contribution >= 4 is 0 Å². The first kappa shape index (κ1) is 16.7. The van der Waals surface area contributed by atoms with Gasteiger partial charge in [-0.3, -0.25) is 0 Å². The van der Waals surface area contributed by atoms with Gasteiger partial charge in [-0.05, 0) is 0 Å². The summed E-state index contributed by atoms with van der Waals surface area (Å²) in [5.74, 6) is 0. The van der Waals surface area contributed by atoms with Gasteiger partial charge in [-0.15, -0.1) is 0 Å². The van der Waals surface area contributed by atoms with Gasteiger partial charge in [-0.1, -0.05) is 0 Å². The summed E-state index contributed by atoms with van der Waals surface area (Å²) in [5, 5.41) is 0. The fraction of sp³-hybridized carbons (Fsp3) is 1.00. The van der Waals surface area contributed by atoms with E-state index in [1.165, 1.54) is 0 Å². The Labute approximate surface area is 115 Å². The molecule has 2 aliphatic heterocycles. The number of alkyl halides is 6. The average molecular weight is 326 g/mol. The van der Waals surface area contributed by atoms with Crippen LogP contribution in [-0.2, 0) is 23.7 Å². The standard InChI is InChI=1S/C10H12F6O5/c11-9(12,13)3-19-7(5-1-17-5)21-8(6-2-18-6)20-4-10(14,15)16/h5-8H,1-4H2. The van der Waals surface area contributed by atoms with Crippen LogP contribution < -0.4 is 0 Å². The summed E-state index contributed by atoms with van der Waals surface area (Å²) in [6, 6.07) is 0. The molecule has 0 N–H and O–H groups in total. The summed E-state index contributed by atoms with van der Waals surface area (Å²) < 4.78 is 96.0. The fourth-order valence-corrected chi connectivity index (χ4v) is 1.38. The van der Waals surface area contributed by atoms with E-state index >= 15 is 0 Å². The molecule has 0 amide bonds. The molecule has 124 valence electrons. The smallest absolute Gasteiger partial charge is 0.368 e. The Bertz CT molecular complexity index is 306. The molecule has 4 unspecified atom stereocenters. The number of rotatable bonds is 8. The van der Waals surface area contributed by atoms with E-state index in [-0.39, 0.29) is 13.2 Å². The van der Waals surface area contributed by atoms with Gasteiger partial charge in [-0.2, -0.15) is 26.3 Å². The molecule has 21 heavy (non-hydrogen) atoms. The predicted octanol–water partition coefficient (Wildman–Crippen LogP) is 1.61. The molecule has 2 rings (SSSR count). The molecule has 0 aromatic heterocycles. The van der Waals surface area contributed by atoms with Gasteiger partial charge in [0.2, 0.25) is 0 Å². The zero-order chi connectivity index (χ0) is 15.7. The van der Waals surface area contributed by atoms with Crippen LogP contribution in [0.15, 0.2) is 0 Å². The summed E-state index contributed by atoms with van der Waals surface area (Å²) >= 11 is 0. The zero-order valence-electron chi connectivity index (χ0n) is 10.4. The summed E-state index contributed by atoms with van der Waals surface area (Å²) in [4.78, 5) is 0. The van der Waals surface area contributed by atoms with Crippen LogP contribution in [0, 0.1) is 0 Å². The molecule has 4 atom stereocenters. The highest BCUT2D eigenvalue weighted by molar-refractivity contribution is 4.79. The molecule has 0 aromatic carbocycles. The third kappa shape index (κ3) is 6.78. The van der Waals surface area contributed by atoms with Crippen molar-refractivity contribution in [1.82, 2.24) is 0 Å². The molecule has 0 radical (unpaired) electrons. The minimum absolute atomic E-state index is 0.0973. The maximum Gasteiger partial charge on any atom is 0.411 e. The summed E-state index contributed by atoms with van der Waals surface area (Å²) in [6.45, 7) is -3.01. The normalized spacial score (nSPS) is 28.3. The van der Waals surface area contributed by atoms with Crippen molar-refractivity contribution in [3.8, 4) is 0 Å². The topological polar surface area (TPSA) is 52.8 Å². The first-order valence-corrected chi connectivity index (χ1v) is 5.89. The van der Waals surface area contributed by atoms with Crippen molar-refractivity contribution in [3.63, 3.8) is 0 Å². The highest BCUT2D eigenvalue weighted by Crippen LogP contribution is 2.28. The van der Waals surface area contributed by atoms with Gasteiger partial charge in [0.25, 0.3) is 0 Å². The lowest BCUT2D eigenvalue weighted by molar-refractivity contribution is -0.299. The lowest BCUT2D eigenvalue weighted by Crippen LogP contribution is -2.37. The highest BCUT2D eigenvalue weighted by atomic mass is 19.4. The third-order valence-corrected chi connectivity index (χ3v) is 2.42. The molecule has 2 fully saturated rings. The Morgan fingerprint density at radius 2 is 1.14 bits per heavy atom. The van der Waals surface area contributed by atoms with E-state index in [1.807, 2.05) is 0 Å². The monoisotopic (exact) mass is 326 g/mol. The number of halogens is 6. The Morgan fingerprint density at radius 3 is 1.38 bits per heavy atom.